The number of carbonyl (C=O) groups excluding carboxylic acids is 1. The lowest BCUT2D eigenvalue weighted by molar-refractivity contribution is -0.193. The Kier molecular flexibility index (Phi) is 10.1. The molecular weight excluding hydrogens is 653 g/mol. The van der Waals surface area contributed by atoms with Crippen molar-refractivity contribution < 1.29 is 41.7 Å². The van der Waals surface area contributed by atoms with E-state index in [1.54, 1.807) is 10.8 Å². The first-order valence-corrected chi connectivity index (χ1v) is 15.4. The van der Waals surface area contributed by atoms with Crippen molar-refractivity contribution in [1.82, 2.24) is 19.7 Å². The van der Waals surface area contributed by atoms with Gasteiger partial charge in [-0.05, 0) is 30.3 Å². The molecule has 4 rings (SSSR count). The van der Waals surface area contributed by atoms with Crippen LogP contribution in [0.2, 0.25) is 15.1 Å². The third-order valence-corrected chi connectivity index (χ3v) is 8.61. The number of carbonyl (C=O) groups is 1. The van der Waals surface area contributed by atoms with Crippen molar-refractivity contribution in [3.63, 3.8) is 0 Å². The maximum absolute atomic E-state index is 14.1. The third kappa shape index (κ3) is 7.66. The highest BCUT2D eigenvalue weighted by atomic mass is 35.5. The molecule has 1 aliphatic heterocycles. The number of nitrogens with one attached hydrogen (secondary N) is 1. The molecule has 3 N–H and O–H groups in total. The molecule has 0 radical (unpaired) electrons. The number of aliphatic hydroxyl groups excluding tert-OH is 2. The highest BCUT2D eigenvalue weighted by Crippen LogP contribution is 2.41. The summed E-state index contributed by atoms with van der Waals surface area (Å²) in [4.78, 5) is 12.8. The van der Waals surface area contributed by atoms with E-state index in [0.717, 1.165) is 34.8 Å². The lowest BCUT2D eigenvalue weighted by Crippen LogP contribution is -2.56. The summed E-state index contributed by atoms with van der Waals surface area (Å²) in [5, 5.41) is 28.8. The monoisotopic (exact) mass is 672 g/mol. The van der Waals surface area contributed by atoms with E-state index in [4.69, 9.17) is 44.3 Å². The van der Waals surface area contributed by atoms with Crippen LogP contribution in [0.15, 0.2) is 41.4 Å². The molecule has 41 heavy (non-hydrogen) atoms. The fourth-order valence-corrected chi connectivity index (χ4v) is 6.10. The van der Waals surface area contributed by atoms with Gasteiger partial charge < -0.3 is 19.7 Å². The Labute approximate surface area is 251 Å². The van der Waals surface area contributed by atoms with E-state index in [9.17, 15) is 32.2 Å². The highest BCUT2D eigenvalue weighted by Gasteiger charge is 2.48. The zero-order chi connectivity index (χ0) is 30.1. The van der Waals surface area contributed by atoms with Crippen LogP contribution in [-0.4, -0.2) is 82.7 Å². The number of thioether (sulfide) groups is 1. The average Bonchev–Trinajstić information content (AvgIpc) is 3.37. The number of hydrogen-bond donors (Lipinski definition) is 3. The van der Waals surface area contributed by atoms with Gasteiger partial charge in [0, 0.05) is 10.5 Å². The molecule has 222 valence electrons. The molecule has 2 aromatic carbocycles. The molecule has 1 saturated heterocycles. The molecule has 1 fully saturated rings. The van der Waals surface area contributed by atoms with Crippen LogP contribution >= 0.6 is 46.6 Å². The Morgan fingerprint density at radius 1 is 1.20 bits per heavy atom. The number of nitrogens with zero attached hydrogens (tertiary/aromatic N) is 3. The van der Waals surface area contributed by atoms with E-state index >= 15 is 0 Å². The van der Waals surface area contributed by atoms with Crippen LogP contribution in [0.3, 0.4) is 0 Å². The topological polar surface area (TPSA) is 153 Å². The van der Waals surface area contributed by atoms with Gasteiger partial charge in [-0.2, -0.15) is 0 Å². The lowest BCUT2D eigenvalue weighted by Gasteiger charge is -2.43. The van der Waals surface area contributed by atoms with Crippen LogP contribution < -0.4 is 4.72 Å². The minimum atomic E-state index is -3.90. The van der Waals surface area contributed by atoms with Gasteiger partial charge in [0.15, 0.2) is 0 Å². The van der Waals surface area contributed by atoms with Gasteiger partial charge in [-0.1, -0.05) is 51.8 Å². The maximum atomic E-state index is 14.1. The van der Waals surface area contributed by atoms with Crippen LogP contribution in [0.1, 0.15) is 6.04 Å². The predicted molar refractivity (Wildman–Crippen MR) is 146 cm³/mol. The molecule has 11 nitrogen and oxygen atoms in total. The van der Waals surface area contributed by atoms with Crippen molar-refractivity contribution in [1.29, 1.82) is 0 Å². The first-order valence-electron chi connectivity index (χ1n) is 11.5. The molecule has 0 bridgehead atoms. The summed E-state index contributed by atoms with van der Waals surface area (Å²) in [5.41, 5.74) is -1.05. The number of amides is 1. The number of aliphatic hydroxyl groups is 2. The number of halogens is 5. The van der Waals surface area contributed by atoms with E-state index in [2.05, 4.69) is 10.3 Å². The van der Waals surface area contributed by atoms with Gasteiger partial charge in [0.1, 0.15) is 58.7 Å². The molecule has 2 heterocycles. The first-order chi connectivity index (χ1) is 19.3. The minimum absolute atomic E-state index is 0.000891. The maximum Gasteiger partial charge on any atom is 0.259 e. The highest BCUT2D eigenvalue weighted by molar-refractivity contribution is 7.99. The van der Waals surface area contributed by atoms with Crippen molar-refractivity contribution in [2.75, 3.05) is 19.5 Å². The number of aromatic nitrogens is 3. The van der Waals surface area contributed by atoms with Crippen molar-refractivity contribution in [2.45, 2.75) is 34.7 Å². The van der Waals surface area contributed by atoms with Crippen molar-refractivity contribution in [3.05, 3.63) is 63.2 Å². The van der Waals surface area contributed by atoms with E-state index in [1.165, 1.54) is 18.3 Å². The molecule has 0 spiro atoms. The summed E-state index contributed by atoms with van der Waals surface area (Å²) in [6, 6.07) is 5.40. The van der Waals surface area contributed by atoms with Gasteiger partial charge in [0.25, 0.3) is 5.91 Å². The lowest BCUT2D eigenvalue weighted by atomic mass is 9.97. The quantitative estimate of drug-likeness (QED) is 0.289. The normalized spacial score (nSPS) is 23.0. The van der Waals surface area contributed by atoms with Gasteiger partial charge in [-0.15, -0.1) is 5.10 Å². The van der Waals surface area contributed by atoms with Crippen molar-refractivity contribution >= 4 is 62.5 Å². The molecule has 1 amide bonds. The number of sulfonamides is 1. The Morgan fingerprint density at radius 3 is 2.49 bits per heavy atom. The summed E-state index contributed by atoms with van der Waals surface area (Å²) in [6.07, 6.45) is -1.85. The molecule has 0 aliphatic carbocycles. The zero-order valence-corrected chi connectivity index (χ0v) is 24.6. The van der Waals surface area contributed by atoms with Crippen LogP contribution in [0.4, 0.5) is 8.78 Å². The number of hydrogen-bond acceptors (Lipinski definition) is 10. The van der Waals surface area contributed by atoms with Gasteiger partial charge in [0.2, 0.25) is 10.0 Å². The van der Waals surface area contributed by atoms with E-state index in [0.29, 0.717) is 4.90 Å². The molecule has 18 heteroatoms. The molecular formula is C23H21Cl3F2N4O7S2. The average molecular weight is 674 g/mol. The standard InChI is InChI=1S/C23H21Cl3F2N4O7S2/c1-41(36,37)30-18(34)9-38-22-20(32-7-16(29-31-32)10-4-14(27)19(26)15(28)5-10)21(35)17(8-33)39-23(22)40-11-2-3-12(24)13(25)6-11/h2-7,17,20-23,33,35H,8-9H2,1H3,(H,30,34). The minimum Gasteiger partial charge on any atom is -0.394 e. The van der Waals surface area contributed by atoms with Crippen LogP contribution in [0, 0.1) is 11.6 Å². The number of rotatable bonds is 9. The second-order valence-electron chi connectivity index (χ2n) is 8.81. The fourth-order valence-electron chi connectivity index (χ4n) is 3.99. The van der Waals surface area contributed by atoms with Gasteiger partial charge in [-0.25, -0.2) is 21.9 Å². The Balaban J connectivity index is 1.72. The zero-order valence-electron chi connectivity index (χ0n) is 20.7. The fraction of sp³-hybridized carbons (Fsp3) is 0.348. The van der Waals surface area contributed by atoms with E-state index in [-0.39, 0.29) is 21.3 Å². The molecule has 3 aromatic rings. The predicted octanol–water partition coefficient (Wildman–Crippen LogP) is 3.06. The van der Waals surface area contributed by atoms with E-state index < -0.39 is 75.6 Å². The summed E-state index contributed by atoms with van der Waals surface area (Å²) < 4.78 is 65.7. The molecule has 0 saturated carbocycles. The molecule has 1 aromatic heterocycles. The van der Waals surface area contributed by atoms with Crippen molar-refractivity contribution in [2.24, 2.45) is 0 Å². The summed E-state index contributed by atoms with van der Waals surface area (Å²) in [5.74, 6) is -3.06. The van der Waals surface area contributed by atoms with Crippen LogP contribution in [-0.2, 0) is 24.3 Å². The third-order valence-electron chi connectivity index (χ3n) is 5.77. The second-order valence-corrected chi connectivity index (χ2v) is 12.9. The number of ether oxygens (including phenoxy) is 2. The van der Waals surface area contributed by atoms with Gasteiger partial charge >= 0.3 is 0 Å². The Morgan fingerprint density at radius 2 is 1.88 bits per heavy atom. The summed E-state index contributed by atoms with van der Waals surface area (Å²) >= 11 is 18.8. The van der Waals surface area contributed by atoms with Crippen molar-refractivity contribution in [3.8, 4) is 11.3 Å². The second kappa shape index (κ2) is 13.1. The van der Waals surface area contributed by atoms with E-state index in [1.807, 2.05) is 0 Å². The van der Waals surface area contributed by atoms with Gasteiger partial charge in [-0.3, -0.25) is 9.52 Å². The number of benzene rings is 2. The molecule has 5 unspecified atom stereocenters. The first kappa shape index (κ1) is 31.8. The van der Waals surface area contributed by atoms with Crippen LogP contribution in [0.5, 0.6) is 0 Å². The van der Waals surface area contributed by atoms with Crippen LogP contribution in [0.25, 0.3) is 11.3 Å². The Hall–Kier alpha value is -2.08. The summed E-state index contributed by atoms with van der Waals surface area (Å²) in [7, 11) is -3.90. The smallest absolute Gasteiger partial charge is 0.259 e. The van der Waals surface area contributed by atoms with Gasteiger partial charge in [0.05, 0.1) is 29.1 Å². The Bertz CT molecular complexity index is 1530. The summed E-state index contributed by atoms with van der Waals surface area (Å²) in [6.45, 7) is -1.41. The molecule has 1 aliphatic rings. The SMILES string of the molecule is CS(=O)(=O)NC(=O)COC1C(Sc2ccc(Cl)c(Cl)c2)OC(CO)C(O)C1n1cc(-c2cc(F)c(Cl)c(F)c2)nn1. The molecule has 5 atom stereocenters. The largest absolute Gasteiger partial charge is 0.394 e.